The molecule has 20 heavy (non-hydrogen) atoms. The van der Waals surface area contributed by atoms with Crippen LogP contribution in [-0.2, 0) is 4.79 Å². The summed E-state index contributed by atoms with van der Waals surface area (Å²) in [6.07, 6.45) is 4.64. The number of nitriles is 1. The summed E-state index contributed by atoms with van der Waals surface area (Å²) in [6.45, 7) is 2.81. The van der Waals surface area contributed by atoms with Crippen molar-refractivity contribution in [2.24, 2.45) is 0 Å². The van der Waals surface area contributed by atoms with Crippen LogP contribution in [0.5, 0.6) is 5.75 Å². The summed E-state index contributed by atoms with van der Waals surface area (Å²) >= 11 is 0. The van der Waals surface area contributed by atoms with Crippen LogP contribution < -0.4 is 4.74 Å². The van der Waals surface area contributed by atoms with Gasteiger partial charge in [-0.2, -0.15) is 5.26 Å². The highest BCUT2D eigenvalue weighted by Gasteiger charge is 2.25. The van der Waals surface area contributed by atoms with Crippen molar-refractivity contribution in [1.82, 2.24) is 4.90 Å². The molecule has 0 unspecified atom stereocenters. The largest absolute Gasteiger partial charge is 0.484 e. The molecule has 1 aromatic rings. The highest BCUT2D eigenvalue weighted by Crippen LogP contribution is 2.23. The zero-order chi connectivity index (χ0) is 14.4. The van der Waals surface area contributed by atoms with Crippen molar-refractivity contribution in [3.8, 4) is 11.8 Å². The summed E-state index contributed by atoms with van der Waals surface area (Å²) in [7, 11) is 0. The molecule has 1 amide bonds. The summed E-state index contributed by atoms with van der Waals surface area (Å²) in [5.41, 5.74) is 0.588. The second-order valence-corrected chi connectivity index (χ2v) is 5.04. The molecule has 0 atom stereocenters. The molecular formula is C16H20N2O2. The second kappa shape index (κ2) is 6.95. The molecule has 0 heterocycles. The molecule has 0 aliphatic heterocycles. The van der Waals surface area contributed by atoms with Gasteiger partial charge in [-0.15, -0.1) is 0 Å². The van der Waals surface area contributed by atoms with E-state index in [-0.39, 0.29) is 12.5 Å². The fourth-order valence-electron chi connectivity index (χ4n) is 2.71. The lowest BCUT2D eigenvalue weighted by Gasteiger charge is -2.27. The topological polar surface area (TPSA) is 53.3 Å². The number of carbonyl (C=O) groups is 1. The van der Waals surface area contributed by atoms with Gasteiger partial charge < -0.3 is 9.64 Å². The number of ether oxygens (including phenoxy) is 1. The molecule has 4 nitrogen and oxygen atoms in total. The SMILES string of the molecule is CCN(C(=O)COc1ccc(C#N)cc1)C1CCCC1. The zero-order valence-electron chi connectivity index (χ0n) is 11.8. The molecule has 0 radical (unpaired) electrons. The fourth-order valence-corrected chi connectivity index (χ4v) is 2.71. The molecule has 4 heteroatoms. The predicted octanol–water partition coefficient (Wildman–Crippen LogP) is 2.73. The van der Waals surface area contributed by atoms with Gasteiger partial charge >= 0.3 is 0 Å². The molecule has 2 rings (SSSR count). The van der Waals surface area contributed by atoms with Gasteiger partial charge in [-0.3, -0.25) is 4.79 Å². The maximum atomic E-state index is 12.2. The van der Waals surface area contributed by atoms with Crippen molar-refractivity contribution < 1.29 is 9.53 Å². The van der Waals surface area contributed by atoms with Crippen molar-refractivity contribution in [3.63, 3.8) is 0 Å². The van der Waals surface area contributed by atoms with Gasteiger partial charge in [0.15, 0.2) is 6.61 Å². The molecule has 0 N–H and O–H groups in total. The van der Waals surface area contributed by atoms with Crippen LogP contribution in [0, 0.1) is 11.3 Å². The number of amides is 1. The molecule has 1 aromatic carbocycles. The first-order valence-electron chi connectivity index (χ1n) is 7.17. The fraction of sp³-hybridized carbons (Fsp3) is 0.500. The van der Waals surface area contributed by atoms with Crippen molar-refractivity contribution in [1.29, 1.82) is 5.26 Å². The number of carbonyl (C=O) groups excluding carboxylic acids is 1. The van der Waals surface area contributed by atoms with Gasteiger partial charge in [0.1, 0.15) is 5.75 Å². The first kappa shape index (κ1) is 14.4. The molecule has 0 bridgehead atoms. The molecule has 0 aromatic heterocycles. The molecule has 1 fully saturated rings. The van der Waals surface area contributed by atoms with E-state index >= 15 is 0 Å². The highest BCUT2D eigenvalue weighted by molar-refractivity contribution is 5.78. The molecule has 1 saturated carbocycles. The lowest BCUT2D eigenvalue weighted by Crippen LogP contribution is -2.41. The van der Waals surface area contributed by atoms with Gasteiger partial charge in [0.05, 0.1) is 11.6 Å². The van der Waals surface area contributed by atoms with E-state index in [2.05, 4.69) is 6.07 Å². The van der Waals surface area contributed by atoms with E-state index in [0.717, 1.165) is 19.4 Å². The molecular weight excluding hydrogens is 252 g/mol. The van der Waals surface area contributed by atoms with Gasteiger partial charge in [0.25, 0.3) is 5.91 Å². The Balaban J connectivity index is 1.88. The average Bonchev–Trinajstić information content (AvgIpc) is 3.00. The number of likely N-dealkylation sites (N-methyl/N-ethyl adjacent to an activating group) is 1. The van der Waals surface area contributed by atoms with Crippen LogP contribution in [0.2, 0.25) is 0 Å². The van der Waals surface area contributed by atoms with Gasteiger partial charge in [0, 0.05) is 12.6 Å². The van der Waals surface area contributed by atoms with Crippen LogP contribution in [0.15, 0.2) is 24.3 Å². The predicted molar refractivity (Wildman–Crippen MR) is 76.3 cm³/mol. The molecule has 1 aliphatic carbocycles. The van der Waals surface area contributed by atoms with E-state index < -0.39 is 0 Å². The molecule has 1 aliphatic rings. The minimum atomic E-state index is 0.0451. The smallest absolute Gasteiger partial charge is 0.260 e. The Morgan fingerprint density at radius 2 is 2.00 bits per heavy atom. The van der Waals surface area contributed by atoms with Crippen molar-refractivity contribution in [2.45, 2.75) is 38.6 Å². The minimum Gasteiger partial charge on any atom is -0.484 e. The van der Waals surface area contributed by atoms with E-state index in [0.29, 0.717) is 17.4 Å². The van der Waals surface area contributed by atoms with Gasteiger partial charge in [0.2, 0.25) is 0 Å². The molecule has 0 saturated heterocycles. The lowest BCUT2D eigenvalue weighted by molar-refractivity contribution is -0.135. The number of nitrogens with zero attached hydrogens (tertiary/aromatic N) is 2. The third kappa shape index (κ3) is 3.51. The Hall–Kier alpha value is -2.02. The third-order valence-electron chi connectivity index (χ3n) is 3.77. The van der Waals surface area contributed by atoms with Crippen LogP contribution >= 0.6 is 0 Å². The van der Waals surface area contributed by atoms with E-state index in [1.165, 1.54) is 12.8 Å². The lowest BCUT2D eigenvalue weighted by atomic mass is 10.2. The monoisotopic (exact) mass is 272 g/mol. The van der Waals surface area contributed by atoms with Gasteiger partial charge in [-0.05, 0) is 44.0 Å². The molecule has 0 spiro atoms. The van der Waals surface area contributed by atoms with Crippen LogP contribution in [0.25, 0.3) is 0 Å². The van der Waals surface area contributed by atoms with E-state index in [4.69, 9.17) is 10.00 Å². The Labute approximate surface area is 120 Å². The van der Waals surface area contributed by atoms with E-state index in [9.17, 15) is 4.79 Å². The van der Waals surface area contributed by atoms with Crippen molar-refractivity contribution >= 4 is 5.91 Å². The van der Waals surface area contributed by atoms with Gasteiger partial charge in [-0.1, -0.05) is 12.8 Å². The van der Waals surface area contributed by atoms with Crippen LogP contribution in [-0.4, -0.2) is 30.0 Å². The average molecular weight is 272 g/mol. The standard InChI is InChI=1S/C16H20N2O2/c1-2-18(14-5-3-4-6-14)16(19)12-20-15-9-7-13(11-17)8-10-15/h7-10,14H,2-6,12H2,1H3. The second-order valence-electron chi connectivity index (χ2n) is 5.04. The quantitative estimate of drug-likeness (QED) is 0.828. The maximum Gasteiger partial charge on any atom is 0.260 e. The van der Waals surface area contributed by atoms with Crippen molar-refractivity contribution in [2.75, 3.05) is 13.2 Å². The van der Waals surface area contributed by atoms with E-state index in [1.807, 2.05) is 11.8 Å². The van der Waals surface area contributed by atoms with Crippen LogP contribution in [0.3, 0.4) is 0 Å². The van der Waals surface area contributed by atoms with Gasteiger partial charge in [-0.25, -0.2) is 0 Å². The first-order chi connectivity index (χ1) is 9.74. The zero-order valence-corrected chi connectivity index (χ0v) is 11.8. The first-order valence-corrected chi connectivity index (χ1v) is 7.17. The number of hydrogen-bond donors (Lipinski definition) is 0. The number of rotatable bonds is 5. The summed E-state index contributed by atoms with van der Waals surface area (Å²) < 4.78 is 5.51. The van der Waals surface area contributed by atoms with E-state index in [1.54, 1.807) is 24.3 Å². The Kier molecular flexibility index (Phi) is 5.00. The summed E-state index contributed by atoms with van der Waals surface area (Å²) in [5, 5.41) is 8.72. The maximum absolute atomic E-state index is 12.2. The third-order valence-corrected chi connectivity index (χ3v) is 3.77. The Morgan fingerprint density at radius 3 is 2.55 bits per heavy atom. The normalized spacial score (nSPS) is 14.8. The summed E-state index contributed by atoms with van der Waals surface area (Å²) in [4.78, 5) is 14.1. The summed E-state index contributed by atoms with van der Waals surface area (Å²) in [6, 6.07) is 9.26. The highest BCUT2D eigenvalue weighted by atomic mass is 16.5. The van der Waals surface area contributed by atoms with Crippen LogP contribution in [0.1, 0.15) is 38.2 Å². The Bertz CT molecular complexity index is 484. The number of hydrogen-bond acceptors (Lipinski definition) is 3. The summed E-state index contributed by atoms with van der Waals surface area (Å²) in [5.74, 6) is 0.670. The van der Waals surface area contributed by atoms with Crippen LogP contribution in [0.4, 0.5) is 0 Å². The minimum absolute atomic E-state index is 0.0451. The Morgan fingerprint density at radius 1 is 1.35 bits per heavy atom. The molecule has 106 valence electrons. The van der Waals surface area contributed by atoms with Crippen molar-refractivity contribution in [3.05, 3.63) is 29.8 Å². The number of benzene rings is 1.